The van der Waals surface area contributed by atoms with Crippen LogP contribution < -0.4 is 0 Å². The molecule has 3 rings (SSSR count). The molecule has 2 atom stereocenters. The van der Waals surface area contributed by atoms with Crippen molar-refractivity contribution in [1.29, 1.82) is 0 Å². The van der Waals surface area contributed by atoms with Gasteiger partial charge in [-0.25, -0.2) is 0 Å². The quantitative estimate of drug-likeness (QED) is 0.906. The van der Waals surface area contributed by atoms with Gasteiger partial charge in [-0.2, -0.15) is 0 Å². The highest BCUT2D eigenvalue weighted by molar-refractivity contribution is 7.10. The van der Waals surface area contributed by atoms with Gasteiger partial charge >= 0.3 is 0 Å². The third-order valence-corrected chi connectivity index (χ3v) is 5.38. The van der Waals surface area contributed by atoms with Crippen molar-refractivity contribution in [2.24, 2.45) is 0 Å². The van der Waals surface area contributed by atoms with Crippen LogP contribution in [0.25, 0.3) is 0 Å². The van der Waals surface area contributed by atoms with Crippen LogP contribution in [-0.4, -0.2) is 66.2 Å². The van der Waals surface area contributed by atoms with E-state index in [0.717, 1.165) is 32.6 Å². The molecule has 0 aliphatic carbocycles. The van der Waals surface area contributed by atoms with Gasteiger partial charge in [-0.05, 0) is 23.9 Å². The summed E-state index contributed by atoms with van der Waals surface area (Å²) in [4.78, 5) is 18.0. The molecule has 2 aliphatic rings. The van der Waals surface area contributed by atoms with E-state index in [2.05, 4.69) is 16.3 Å². The van der Waals surface area contributed by atoms with E-state index in [-0.39, 0.29) is 18.1 Å². The predicted octanol–water partition coefficient (Wildman–Crippen LogP) is 1.28. The molecule has 5 nitrogen and oxygen atoms in total. The first kappa shape index (κ1) is 15.9. The van der Waals surface area contributed by atoms with Crippen LogP contribution in [0.15, 0.2) is 11.4 Å². The third-order valence-electron chi connectivity index (χ3n) is 4.38. The van der Waals surface area contributed by atoms with Crippen molar-refractivity contribution >= 4 is 17.2 Å². The molecule has 22 heavy (non-hydrogen) atoms. The number of piperazine rings is 1. The third kappa shape index (κ3) is 3.68. The van der Waals surface area contributed by atoms with Crippen LogP contribution in [0.5, 0.6) is 0 Å². The van der Waals surface area contributed by atoms with Crippen molar-refractivity contribution in [3.05, 3.63) is 21.9 Å². The molecule has 122 valence electrons. The van der Waals surface area contributed by atoms with Gasteiger partial charge < -0.3 is 14.7 Å². The fraction of sp³-hybridized carbons (Fsp3) is 0.688. The van der Waals surface area contributed by atoms with Crippen LogP contribution in [0.4, 0.5) is 0 Å². The molecule has 1 amide bonds. The fourth-order valence-corrected chi connectivity index (χ4v) is 4.15. The van der Waals surface area contributed by atoms with Crippen LogP contribution in [0.3, 0.4) is 0 Å². The number of nitrogens with zero attached hydrogens (tertiary/aromatic N) is 2. The lowest BCUT2D eigenvalue weighted by atomic mass is 10.0. The van der Waals surface area contributed by atoms with E-state index in [1.807, 2.05) is 4.90 Å². The van der Waals surface area contributed by atoms with E-state index in [1.165, 1.54) is 10.4 Å². The zero-order valence-electron chi connectivity index (χ0n) is 13.0. The topological polar surface area (TPSA) is 53.0 Å². The minimum atomic E-state index is -0.310. The molecule has 3 heterocycles. The van der Waals surface area contributed by atoms with E-state index in [0.29, 0.717) is 19.6 Å². The number of β-amino-alcohol motifs (C(OH)–C–C–N with tert-alkyl or cyclic N) is 1. The monoisotopic (exact) mass is 324 g/mol. The molecule has 0 saturated carbocycles. The van der Waals surface area contributed by atoms with Gasteiger partial charge in [0, 0.05) is 44.0 Å². The molecule has 2 unspecified atom stereocenters. The largest absolute Gasteiger partial charge is 0.392 e. The van der Waals surface area contributed by atoms with Gasteiger partial charge in [0.1, 0.15) is 0 Å². The standard InChI is InChI=1S/C16H24N2O3S/c1-12(19)11-17-4-6-18(7-5-17)16(20)10-14-13-3-9-22-15(13)2-8-21-14/h3,9,12,14,19H,2,4-8,10-11H2,1H3. The lowest BCUT2D eigenvalue weighted by molar-refractivity contribution is -0.136. The van der Waals surface area contributed by atoms with Gasteiger partial charge in [0.15, 0.2) is 0 Å². The van der Waals surface area contributed by atoms with Gasteiger partial charge in [0.25, 0.3) is 0 Å². The highest BCUT2D eigenvalue weighted by Gasteiger charge is 2.28. The molecule has 1 N–H and O–H groups in total. The number of aliphatic hydroxyl groups is 1. The normalized spacial score (nSPS) is 24.1. The molecule has 1 saturated heterocycles. The van der Waals surface area contributed by atoms with Gasteiger partial charge in [-0.3, -0.25) is 9.69 Å². The molecule has 0 aromatic carbocycles. The lowest BCUT2D eigenvalue weighted by Gasteiger charge is -2.36. The Bertz CT molecular complexity index is 509. The molecular formula is C16H24N2O3S. The lowest BCUT2D eigenvalue weighted by Crippen LogP contribution is -2.50. The number of thiophene rings is 1. The summed E-state index contributed by atoms with van der Waals surface area (Å²) in [6, 6.07) is 2.09. The number of rotatable bonds is 4. The Kier molecular flexibility index (Phi) is 5.13. The van der Waals surface area contributed by atoms with Gasteiger partial charge in [0.2, 0.25) is 5.91 Å². The van der Waals surface area contributed by atoms with E-state index in [4.69, 9.17) is 4.74 Å². The van der Waals surface area contributed by atoms with Crippen molar-refractivity contribution in [3.8, 4) is 0 Å². The number of carbonyl (C=O) groups excluding carboxylic acids is 1. The molecule has 6 heteroatoms. The summed E-state index contributed by atoms with van der Waals surface area (Å²) >= 11 is 1.76. The molecule has 0 spiro atoms. The predicted molar refractivity (Wildman–Crippen MR) is 86.0 cm³/mol. The molecule has 0 bridgehead atoms. The minimum Gasteiger partial charge on any atom is -0.392 e. The average molecular weight is 324 g/mol. The number of hydrogen-bond acceptors (Lipinski definition) is 5. The summed E-state index contributed by atoms with van der Waals surface area (Å²) in [6.07, 6.45) is 1.03. The first-order valence-electron chi connectivity index (χ1n) is 7.99. The van der Waals surface area contributed by atoms with Crippen molar-refractivity contribution in [2.45, 2.75) is 32.0 Å². The van der Waals surface area contributed by atoms with E-state index < -0.39 is 0 Å². The maximum atomic E-state index is 12.5. The smallest absolute Gasteiger partial charge is 0.225 e. The summed E-state index contributed by atoms with van der Waals surface area (Å²) in [6.45, 7) is 6.37. The van der Waals surface area contributed by atoms with Gasteiger partial charge in [-0.15, -0.1) is 11.3 Å². The maximum Gasteiger partial charge on any atom is 0.225 e. The second-order valence-corrected chi connectivity index (χ2v) is 7.14. The van der Waals surface area contributed by atoms with E-state index in [1.54, 1.807) is 18.3 Å². The molecule has 1 aromatic heterocycles. The highest BCUT2D eigenvalue weighted by atomic mass is 32.1. The SMILES string of the molecule is CC(O)CN1CCN(C(=O)CC2OCCc3sccc32)CC1. The van der Waals surface area contributed by atoms with Crippen molar-refractivity contribution in [3.63, 3.8) is 0 Å². The summed E-state index contributed by atoms with van der Waals surface area (Å²) in [7, 11) is 0. The minimum absolute atomic E-state index is 0.0713. The Hall–Kier alpha value is -0.950. The van der Waals surface area contributed by atoms with Crippen LogP contribution in [0, 0.1) is 0 Å². The van der Waals surface area contributed by atoms with E-state index >= 15 is 0 Å². The molecular weight excluding hydrogens is 300 g/mol. The zero-order valence-corrected chi connectivity index (χ0v) is 13.8. The summed E-state index contributed by atoms with van der Waals surface area (Å²) < 4.78 is 5.81. The van der Waals surface area contributed by atoms with Crippen LogP contribution >= 0.6 is 11.3 Å². The van der Waals surface area contributed by atoms with Crippen LogP contribution in [-0.2, 0) is 16.0 Å². The maximum absolute atomic E-state index is 12.5. The number of ether oxygens (including phenoxy) is 1. The molecule has 1 aromatic rings. The Labute approximate surface area is 135 Å². The van der Waals surface area contributed by atoms with Crippen LogP contribution in [0.2, 0.25) is 0 Å². The summed E-state index contributed by atoms with van der Waals surface area (Å²) in [5, 5.41) is 11.5. The van der Waals surface area contributed by atoms with Crippen LogP contribution in [0.1, 0.15) is 29.9 Å². The number of hydrogen-bond donors (Lipinski definition) is 1. The Morgan fingerprint density at radius 1 is 1.45 bits per heavy atom. The Balaban J connectivity index is 1.52. The number of fused-ring (bicyclic) bond motifs is 1. The van der Waals surface area contributed by atoms with Crippen molar-refractivity contribution in [1.82, 2.24) is 9.80 Å². The number of amides is 1. The first-order chi connectivity index (χ1) is 10.6. The van der Waals surface area contributed by atoms with Gasteiger partial charge in [0.05, 0.1) is 25.2 Å². The second-order valence-electron chi connectivity index (χ2n) is 6.14. The summed E-state index contributed by atoms with van der Waals surface area (Å²) in [5.74, 6) is 0.181. The number of carbonyl (C=O) groups is 1. The molecule has 2 aliphatic heterocycles. The summed E-state index contributed by atoms with van der Waals surface area (Å²) in [5.41, 5.74) is 1.21. The Morgan fingerprint density at radius 2 is 2.23 bits per heavy atom. The zero-order chi connectivity index (χ0) is 15.5. The van der Waals surface area contributed by atoms with Crippen molar-refractivity contribution in [2.75, 3.05) is 39.3 Å². The van der Waals surface area contributed by atoms with Gasteiger partial charge in [-0.1, -0.05) is 0 Å². The molecule has 0 radical (unpaired) electrons. The van der Waals surface area contributed by atoms with E-state index in [9.17, 15) is 9.90 Å². The first-order valence-corrected chi connectivity index (χ1v) is 8.87. The highest BCUT2D eigenvalue weighted by Crippen LogP contribution is 2.33. The van der Waals surface area contributed by atoms with Crippen molar-refractivity contribution < 1.29 is 14.6 Å². The molecule has 1 fully saturated rings. The average Bonchev–Trinajstić information content (AvgIpc) is 2.97. The Morgan fingerprint density at radius 3 is 2.95 bits per heavy atom. The number of aliphatic hydroxyl groups excluding tert-OH is 1. The fourth-order valence-electron chi connectivity index (χ4n) is 3.23. The second kappa shape index (κ2) is 7.08.